The van der Waals surface area contributed by atoms with Crippen LogP contribution in [0.4, 0.5) is 0 Å². The van der Waals surface area contributed by atoms with E-state index in [1.54, 1.807) is 12.4 Å². The number of nitriles is 2. The molecule has 0 spiro atoms. The van der Waals surface area contributed by atoms with Crippen molar-refractivity contribution in [2.45, 2.75) is 6.42 Å². The van der Waals surface area contributed by atoms with Crippen molar-refractivity contribution in [2.24, 2.45) is 0 Å². The average Bonchev–Trinajstić information content (AvgIpc) is 2.96. The zero-order valence-corrected chi connectivity index (χ0v) is 11.0. The van der Waals surface area contributed by atoms with Crippen molar-refractivity contribution >= 4 is 11.0 Å². The maximum absolute atomic E-state index is 10.2. The quantitative estimate of drug-likeness (QED) is 0.750. The molecule has 0 aliphatic rings. The summed E-state index contributed by atoms with van der Waals surface area (Å²) >= 11 is 0. The van der Waals surface area contributed by atoms with Gasteiger partial charge in [0.2, 0.25) is 0 Å². The molecule has 100 valence electrons. The summed E-state index contributed by atoms with van der Waals surface area (Å²) in [6.45, 7) is 0. The standard InChI is InChI=1S/C16H10N4O/c17-4-3-10-5-12(8-18)16(21)13(6-10)11-1-2-14-15(7-11)20-9-19-14/h1-2,5-7,9,21H,3H2,(H,19,20). The highest BCUT2D eigenvalue weighted by Crippen LogP contribution is 2.34. The van der Waals surface area contributed by atoms with E-state index in [1.807, 2.05) is 24.3 Å². The second kappa shape index (κ2) is 4.99. The van der Waals surface area contributed by atoms with Gasteiger partial charge in [0.25, 0.3) is 0 Å². The van der Waals surface area contributed by atoms with Gasteiger partial charge in [0.1, 0.15) is 11.8 Å². The number of H-pyrrole nitrogens is 1. The van der Waals surface area contributed by atoms with Crippen LogP contribution in [0.3, 0.4) is 0 Å². The van der Waals surface area contributed by atoms with Gasteiger partial charge in [-0.25, -0.2) is 4.98 Å². The van der Waals surface area contributed by atoms with Crippen molar-refractivity contribution in [3.8, 4) is 29.0 Å². The van der Waals surface area contributed by atoms with Crippen molar-refractivity contribution in [1.29, 1.82) is 10.5 Å². The van der Waals surface area contributed by atoms with Gasteiger partial charge in [0, 0.05) is 5.56 Å². The molecule has 2 aromatic carbocycles. The van der Waals surface area contributed by atoms with Crippen LogP contribution in [0.25, 0.3) is 22.2 Å². The number of fused-ring (bicyclic) bond motifs is 1. The molecule has 3 aromatic rings. The first-order chi connectivity index (χ1) is 10.2. The third kappa shape index (κ3) is 2.18. The third-order valence-corrected chi connectivity index (χ3v) is 3.30. The van der Waals surface area contributed by atoms with E-state index < -0.39 is 0 Å². The molecule has 0 aliphatic heterocycles. The van der Waals surface area contributed by atoms with E-state index in [4.69, 9.17) is 10.5 Å². The zero-order chi connectivity index (χ0) is 14.8. The van der Waals surface area contributed by atoms with E-state index >= 15 is 0 Å². The van der Waals surface area contributed by atoms with E-state index in [0.717, 1.165) is 16.6 Å². The number of hydrogen-bond donors (Lipinski definition) is 2. The first-order valence-corrected chi connectivity index (χ1v) is 6.29. The Morgan fingerprint density at radius 2 is 2.05 bits per heavy atom. The number of aromatic hydroxyl groups is 1. The molecule has 2 N–H and O–H groups in total. The van der Waals surface area contributed by atoms with Crippen molar-refractivity contribution in [3.63, 3.8) is 0 Å². The Morgan fingerprint density at radius 3 is 2.81 bits per heavy atom. The van der Waals surface area contributed by atoms with Crippen LogP contribution in [0.2, 0.25) is 0 Å². The molecule has 0 fully saturated rings. The predicted octanol–water partition coefficient (Wildman–Crippen LogP) is 2.87. The molecule has 5 nitrogen and oxygen atoms in total. The van der Waals surface area contributed by atoms with E-state index in [-0.39, 0.29) is 17.7 Å². The first-order valence-electron chi connectivity index (χ1n) is 6.29. The van der Waals surface area contributed by atoms with Crippen LogP contribution >= 0.6 is 0 Å². The monoisotopic (exact) mass is 274 g/mol. The van der Waals surface area contributed by atoms with Gasteiger partial charge < -0.3 is 10.1 Å². The Morgan fingerprint density at radius 1 is 1.19 bits per heavy atom. The van der Waals surface area contributed by atoms with Crippen molar-refractivity contribution < 1.29 is 5.11 Å². The minimum atomic E-state index is -0.0712. The van der Waals surface area contributed by atoms with Crippen molar-refractivity contribution in [3.05, 3.63) is 47.8 Å². The zero-order valence-electron chi connectivity index (χ0n) is 11.0. The lowest BCUT2D eigenvalue weighted by Crippen LogP contribution is -1.90. The molecule has 0 radical (unpaired) electrons. The topological polar surface area (TPSA) is 96.5 Å². The molecule has 3 rings (SSSR count). The number of rotatable bonds is 2. The number of nitrogens with one attached hydrogen (secondary N) is 1. The molecule has 1 aromatic heterocycles. The van der Waals surface area contributed by atoms with E-state index in [9.17, 15) is 5.11 Å². The van der Waals surface area contributed by atoms with Crippen LogP contribution in [0.5, 0.6) is 5.75 Å². The van der Waals surface area contributed by atoms with Crippen LogP contribution in [0, 0.1) is 22.7 Å². The fraction of sp³-hybridized carbons (Fsp3) is 0.0625. The predicted molar refractivity (Wildman–Crippen MR) is 77.2 cm³/mol. The summed E-state index contributed by atoms with van der Waals surface area (Å²) < 4.78 is 0. The fourth-order valence-corrected chi connectivity index (χ4v) is 2.30. The number of nitrogens with zero attached hydrogens (tertiary/aromatic N) is 3. The van der Waals surface area contributed by atoms with Crippen LogP contribution in [0.15, 0.2) is 36.7 Å². The third-order valence-electron chi connectivity index (χ3n) is 3.30. The molecule has 0 aliphatic carbocycles. The molecule has 0 bridgehead atoms. The number of hydrogen-bond acceptors (Lipinski definition) is 4. The molecule has 21 heavy (non-hydrogen) atoms. The van der Waals surface area contributed by atoms with E-state index in [2.05, 4.69) is 16.0 Å². The van der Waals surface area contributed by atoms with Crippen LogP contribution in [0.1, 0.15) is 11.1 Å². The number of phenols is 1. The summed E-state index contributed by atoms with van der Waals surface area (Å²) in [6, 6.07) is 12.8. The highest BCUT2D eigenvalue weighted by molar-refractivity contribution is 5.84. The lowest BCUT2D eigenvalue weighted by molar-refractivity contribution is 0.475. The molecule has 0 saturated carbocycles. The maximum atomic E-state index is 10.2. The molecule has 5 heteroatoms. The highest BCUT2D eigenvalue weighted by atomic mass is 16.3. The Hall–Kier alpha value is -3.31. The first kappa shape index (κ1) is 12.7. The summed E-state index contributed by atoms with van der Waals surface area (Å²) in [6.07, 6.45) is 1.79. The van der Waals surface area contributed by atoms with E-state index in [0.29, 0.717) is 11.1 Å². The molecular weight excluding hydrogens is 264 g/mol. The van der Waals surface area contributed by atoms with Gasteiger partial charge in [-0.1, -0.05) is 6.07 Å². The molecule has 0 saturated heterocycles. The number of aromatic nitrogens is 2. The van der Waals surface area contributed by atoms with Crippen molar-refractivity contribution in [2.75, 3.05) is 0 Å². The SMILES string of the molecule is N#CCc1cc(C#N)c(O)c(-c2ccc3nc[nH]c3c2)c1. The Kier molecular flexibility index (Phi) is 3.02. The summed E-state index contributed by atoms with van der Waals surface area (Å²) in [7, 11) is 0. The lowest BCUT2D eigenvalue weighted by Gasteiger charge is -2.09. The Balaban J connectivity index is 2.22. The summed E-state index contributed by atoms with van der Waals surface area (Å²) in [5.41, 5.74) is 3.84. The number of aromatic amines is 1. The molecule has 0 atom stereocenters. The van der Waals surface area contributed by atoms with Crippen LogP contribution in [-0.4, -0.2) is 15.1 Å². The highest BCUT2D eigenvalue weighted by Gasteiger charge is 2.12. The van der Waals surface area contributed by atoms with Gasteiger partial charge in [0.05, 0.1) is 35.4 Å². The normalized spacial score (nSPS) is 10.2. The average molecular weight is 274 g/mol. The van der Waals surface area contributed by atoms with Gasteiger partial charge in [-0.3, -0.25) is 0 Å². The van der Waals surface area contributed by atoms with Gasteiger partial charge in [-0.2, -0.15) is 10.5 Å². The smallest absolute Gasteiger partial charge is 0.141 e. The van der Waals surface area contributed by atoms with Gasteiger partial charge in [-0.05, 0) is 35.4 Å². The lowest BCUT2D eigenvalue weighted by atomic mass is 9.97. The second-order valence-corrected chi connectivity index (χ2v) is 4.62. The summed E-state index contributed by atoms with van der Waals surface area (Å²) in [5.74, 6) is -0.0712. The van der Waals surface area contributed by atoms with Gasteiger partial charge in [-0.15, -0.1) is 0 Å². The summed E-state index contributed by atoms with van der Waals surface area (Å²) in [4.78, 5) is 7.15. The van der Waals surface area contributed by atoms with E-state index in [1.165, 1.54) is 6.07 Å². The molecular formula is C16H10N4O. The summed E-state index contributed by atoms with van der Waals surface area (Å²) in [5, 5.41) is 28.2. The Labute approximate surface area is 120 Å². The number of benzene rings is 2. The number of imidazole rings is 1. The minimum Gasteiger partial charge on any atom is -0.506 e. The maximum Gasteiger partial charge on any atom is 0.141 e. The van der Waals surface area contributed by atoms with Crippen LogP contribution in [-0.2, 0) is 6.42 Å². The second-order valence-electron chi connectivity index (χ2n) is 4.62. The van der Waals surface area contributed by atoms with Gasteiger partial charge >= 0.3 is 0 Å². The molecule has 1 heterocycles. The molecule has 0 unspecified atom stereocenters. The Bertz CT molecular complexity index is 912. The molecule has 0 amide bonds. The largest absolute Gasteiger partial charge is 0.506 e. The van der Waals surface area contributed by atoms with Crippen LogP contribution < -0.4 is 0 Å². The van der Waals surface area contributed by atoms with Crippen molar-refractivity contribution in [1.82, 2.24) is 9.97 Å². The fourth-order valence-electron chi connectivity index (χ4n) is 2.30. The number of phenolic OH excluding ortho intramolecular Hbond substituents is 1. The minimum absolute atomic E-state index is 0.0712. The van der Waals surface area contributed by atoms with Gasteiger partial charge in [0.15, 0.2) is 0 Å².